The predicted octanol–water partition coefficient (Wildman–Crippen LogP) is 4.56. The van der Waals surface area contributed by atoms with E-state index in [9.17, 15) is 19.7 Å². The Hall–Kier alpha value is -3.22. The van der Waals surface area contributed by atoms with Crippen molar-refractivity contribution >= 4 is 23.3 Å². The number of carbonyl (C=O) groups excluding carboxylic acids is 2. The van der Waals surface area contributed by atoms with Crippen LogP contribution < -0.4 is 5.32 Å². The van der Waals surface area contributed by atoms with E-state index in [1.807, 2.05) is 20.8 Å². The van der Waals surface area contributed by atoms with Gasteiger partial charge in [-0.2, -0.15) is 0 Å². The smallest absolute Gasteiger partial charge is 0.307 e. The summed E-state index contributed by atoms with van der Waals surface area (Å²) in [6.45, 7) is 7.39. The molecule has 0 aliphatic rings. The van der Waals surface area contributed by atoms with Crippen LogP contribution in [-0.2, 0) is 14.3 Å². The highest BCUT2D eigenvalue weighted by molar-refractivity contribution is 5.97. The van der Waals surface area contributed by atoms with E-state index in [0.29, 0.717) is 11.1 Å². The minimum Gasteiger partial charge on any atom is -0.447 e. The maximum absolute atomic E-state index is 12.9. The average molecular weight is 384 g/mol. The van der Waals surface area contributed by atoms with Crippen LogP contribution in [-0.4, -0.2) is 16.8 Å². The molecule has 0 aliphatic carbocycles. The van der Waals surface area contributed by atoms with Crippen molar-refractivity contribution in [3.8, 4) is 0 Å². The molecule has 1 N–H and O–H groups in total. The maximum atomic E-state index is 12.9. The van der Waals surface area contributed by atoms with Gasteiger partial charge in [-0.25, -0.2) is 0 Å². The fourth-order valence-corrected chi connectivity index (χ4v) is 2.60. The molecule has 0 bridgehead atoms. The summed E-state index contributed by atoms with van der Waals surface area (Å²) in [5.74, 6) is -1.17. The third-order valence-electron chi connectivity index (χ3n) is 3.87. The summed E-state index contributed by atoms with van der Waals surface area (Å²) < 4.78 is 5.45. The van der Waals surface area contributed by atoms with Crippen molar-refractivity contribution in [1.29, 1.82) is 0 Å². The summed E-state index contributed by atoms with van der Waals surface area (Å²) in [7, 11) is 0. The number of benzene rings is 2. The van der Waals surface area contributed by atoms with Crippen molar-refractivity contribution in [2.24, 2.45) is 5.41 Å². The van der Waals surface area contributed by atoms with Crippen LogP contribution in [0.5, 0.6) is 0 Å². The lowest BCUT2D eigenvalue weighted by Crippen LogP contribution is -2.27. The number of amides is 1. The summed E-state index contributed by atoms with van der Waals surface area (Å²) in [4.78, 5) is 35.9. The summed E-state index contributed by atoms with van der Waals surface area (Å²) >= 11 is 0. The van der Waals surface area contributed by atoms with Crippen molar-refractivity contribution < 1.29 is 19.2 Å². The molecule has 0 saturated carbocycles. The van der Waals surface area contributed by atoms with Gasteiger partial charge in [0.1, 0.15) is 5.69 Å². The molecule has 1 amide bonds. The van der Waals surface area contributed by atoms with Gasteiger partial charge in [0, 0.05) is 11.6 Å². The first-order valence-electron chi connectivity index (χ1n) is 8.87. The number of anilines is 1. The second-order valence-electron chi connectivity index (χ2n) is 7.78. The normalized spacial score (nSPS) is 12.1. The molecule has 2 rings (SSSR count). The van der Waals surface area contributed by atoms with Crippen LogP contribution in [0.4, 0.5) is 11.4 Å². The quantitative estimate of drug-likeness (QED) is 0.447. The van der Waals surface area contributed by atoms with E-state index in [2.05, 4.69) is 5.32 Å². The molecule has 0 heterocycles. The Labute approximate surface area is 163 Å². The lowest BCUT2D eigenvalue weighted by atomic mass is 9.92. The molecule has 2 aromatic carbocycles. The SMILES string of the molecule is Cc1ccc(NC(=O)[C@H](OC(=O)CC(C)(C)C)c2ccccc2)c([N+](=O)[O-])c1. The molecule has 0 radical (unpaired) electrons. The number of carbonyl (C=O) groups is 2. The molecule has 7 nitrogen and oxygen atoms in total. The fourth-order valence-electron chi connectivity index (χ4n) is 2.60. The van der Waals surface area contributed by atoms with Crippen molar-refractivity contribution in [3.05, 3.63) is 69.8 Å². The maximum Gasteiger partial charge on any atom is 0.307 e. The zero-order chi connectivity index (χ0) is 20.9. The standard InChI is InChI=1S/C21H24N2O5/c1-14-10-11-16(17(12-14)23(26)27)22-20(25)19(15-8-6-5-7-9-15)28-18(24)13-21(2,3)4/h5-12,19H,13H2,1-4H3,(H,22,25)/t19-/m1/s1. The predicted molar refractivity (Wildman–Crippen MR) is 106 cm³/mol. The van der Waals surface area contributed by atoms with Gasteiger partial charge in [-0.15, -0.1) is 0 Å². The average Bonchev–Trinajstić information content (AvgIpc) is 2.60. The molecule has 0 spiro atoms. The van der Waals surface area contributed by atoms with Crippen LogP contribution in [0.2, 0.25) is 0 Å². The lowest BCUT2D eigenvalue weighted by Gasteiger charge is -2.21. The van der Waals surface area contributed by atoms with Crippen molar-refractivity contribution in [1.82, 2.24) is 0 Å². The van der Waals surface area contributed by atoms with E-state index in [-0.39, 0.29) is 23.2 Å². The summed E-state index contributed by atoms with van der Waals surface area (Å²) in [5.41, 5.74) is 0.706. The first-order chi connectivity index (χ1) is 13.1. The zero-order valence-corrected chi connectivity index (χ0v) is 16.4. The minimum atomic E-state index is -1.21. The van der Waals surface area contributed by atoms with Gasteiger partial charge in [0.05, 0.1) is 11.3 Å². The Balaban J connectivity index is 2.30. The molecule has 0 fully saturated rings. The number of nitrogens with zero attached hydrogens (tertiary/aromatic N) is 1. The summed E-state index contributed by atoms with van der Waals surface area (Å²) in [5, 5.41) is 13.8. The van der Waals surface area contributed by atoms with Crippen LogP contribution in [0, 0.1) is 22.5 Å². The molecule has 148 valence electrons. The number of esters is 1. The molecule has 28 heavy (non-hydrogen) atoms. The van der Waals surface area contributed by atoms with Crippen LogP contribution >= 0.6 is 0 Å². The number of nitro benzene ring substituents is 1. The molecule has 1 atom stereocenters. The van der Waals surface area contributed by atoms with Crippen LogP contribution in [0.1, 0.15) is 44.4 Å². The second-order valence-corrected chi connectivity index (χ2v) is 7.78. The van der Waals surface area contributed by atoms with Gasteiger partial charge < -0.3 is 10.1 Å². The van der Waals surface area contributed by atoms with Gasteiger partial charge in [-0.05, 0) is 24.0 Å². The number of hydrogen-bond acceptors (Lipinski definition) is 5. The van der Waals surface area contributed by atoms with E-state index in [4.69, 9.17) is 4.74 Å². The van der Waals surface area contributed by atoms with Crippen molar-refractivity contribution in [2.45, 2.75) is 40.2 Å². The van der Waals surface area contributed by atoms with Crippen LogP contribution in [0.25, 0.3) is 0 Å². The molecule has 0 unspecified atom stereocenters. The summed E-state index contributed by atoms with van der Waals surface area (Å²) in [6.07, 6.45) is -1.08. The van der Waals surface area contributed by atoms with Crippen LogP contribution in [0.15, 0.2) is 48.5 Å². The highest BCUT2D eigenvalue weighted by Gasteiger charge is 2.28. The first-order valence-corrected chi connectivity index (χ1v) is 8.87. The molecule has 7 heteroatoms. The van der Waals surface area contributed by atoms with Gasteiger partial charge in [-0.3, -0.25) is 19.7 Å². The third-order valence-corrected chi connectivity index (χ3v) is 3.87. The Morgan fingerprint density at radius 1 is 1.14 bits per heavy atom. The number of hydrogen-bond donors (Lipinski definition) is 1. The zero-order valence-electron chi connectivity index (χ0n) is 16.4. The number of ether oxygens (including phenoxy) is 1. The number of rotatable bonds is 6. The van der Waals surface area contributed by atoms with E-state index in [0.717, 1.165) is 0 Å². The van der Waals surface area contributed by atoms with E-state index < -0.39 is 22.9 Å². The molecule has 0 aliphatic heterocycles. The molecule has 0 saturated heterocycles. The van der Waals surface area contributed by atoms with Gasteiger partial charge in [0.25, 0.3) is 11.6 Å². The third kappa shape index (κ3) is 5.90. The molecular formula is C21H24N2O5. The Morgan fingerprint density at radius 3 is 2.36 bits per heavy atom. The second kappa shape index (κ2) is 8.65. The van der Waals surface area contributed by atoms with E-state index in [1.165, 1.54) is 12.1 Å². The Morgan fingerprint density at radius 2 is 1.79 bits per heavy atom. The number of nitrogens with one attached hydrogen (secondary N) is 1. The highest BCUT2D eigenvalue weighted by atomic mass is 16.6. The molecular weight excluding hydrogens is 360 g/mol. The Kier molecular flexibility index (Phi) is 6.51. The summed E-state index contributed by atoms with van der Waals surface area (Å²) in [6, 6.07) is 13.1. The van der Waals surface area contributed by atoms with Crippen molar-refractivity contribution in [3.63, 3.8) is 0 Å². The van der Waals surface area contributed by atoms with Gasteiger partial charge >= 0.3 is 5.97 Å². The monoisotopic (exact) mass is 384 g/mol. The first kappa shape index (κ1) is 21.1. The topological polar surface area (TPSA) is 98.5 Å². The van der Waals surface area contributed by atoms with Gasteiger partial charge in [0.2, 0.25) is 6.10 Å². The lowest BCUT2D eigenvalue weighted by molar-refractivity contribution is -0.384. The number of aryl methyl sites for hydroxylation is 1. The van der Waals surface area contributed by atoms with E-state index in [1.54, 1.807) is 43.3 Å². The fraction of sp³-hybridized carbons (Fsp3) is 0.333. The number of nitro groups is 1. The van der Waals surface area contributed by atoms with Gasteiger partial charge in [0.15, 0.2) is 0 Å². The minimum absolute atomic E-state index is 0.0494. The largest absolute Gasteiger partial charge is 0.447 e. The molecule has 2 aromatic rings. The highest BCUT2D eigenvalue weighted by Crippen LogP contribution is 2.28. The van der Waals surface area contributed by atoms with Gasteiger partial charge in [-0.1, -0.05) is 57.2 Å². The Bertz CT molecular complexity index is 872. The molecule has 0 aromatic heterocycles. The van der Waals surface area contributed by atoms with Crippen molar-refractivity contribution in [2.75, 3.05) is 5.32 Å². The van der Waals surface area contributed by atoms with Crippen LogP contribution in [0.3, 0.4) is 0 Å². The van der Waals surface area contributed by atoms with E-state index >= 15 is 0 Å².